The highest BCUT2D eigenvalue weighted by Gasteiger charge is 2.18. The van der Waals surface area contributed by atoms with Gasteiger partial charge in [0.1, 0.15) is 11.3 Å². The van der Waals surface area contributed by atoms with Crippen LogP contribution in [0, 0.1) is 0 Å². The Bertz CT molecular complexity index is 567. The Morgan fingerprint density at radius 1 is 1.42 bits per heavy atom. The summed E-state index contributed by atoms with van der Waals surface area (Å²) in [5.41, 5.74) is -0.497. The summed E-state index contributed by atoms with van der Waals surface area (Å²) in [6, 6.07) is 2.51. The van der Waals surface area contributed by atoms with Crippen molar-refractivity contribution in [3.05, 3.63) is 23.8 Å². The van der Waals surface area contributed by atoms with Crippen molar-refractivity contribution in [1.29, 1.82) is 0 Å². The van der Waals surface area contributed by atoms with Gasteiger partial charge in [-0.05, 0) is 18.2 Å². The molecule has 0 aliphatic heterocycles. The van der Waals surface area contributed by atoms with E-state index in [4.69, 9.17) is 9.66 Å². The van der Waals surface area contributed by atoms with Gasteiger partial charge in [0, 0.05) is 6.42 Å². The van der Waals surface area contributed by atoms with Gasteiger partial charge in [-0.1, -0.05) is 0 Å². The summed E-state index contributed by atoms with van der Waals surface area (Å²) in [5, 5.41) is 17.7. The topological polar surface area (TPSA) is 121 Å². The maximum atomic E-state index is 12.1. The molecule has 0 saturated heterocycles. The summed E-state index contributed by atoms with van der Waals surface area (Å²) in [5.74, 6) is -1.66. The number of carbonyl (C=O) groups is 1. The summed E-state index contributed by atoms with van der Waals surface area (Å²) in [6.07, 6.45) is -2.60. The third-order valence-corrected chi connectivity index (χ3v) is 2.92. The smallest absolute Gasteiger partial charge is 0.341 e. The second-order valence-corrected chi connectivity index (χ2v) is 4.93. The average molecular weight is 294 g/mol. The molecule has 0 bridgehead atoms. The maximum absolute atomic E-state index is 12.1. The molecule has 7 nitrogen and oxygen atoms in total. The number of hydrogen-bond donors (Lipinski definition) is 3. The lowest BCUT2D eigenvalue weighted by molar-refractivity contribution is 0.00737. The number of esters is 1. The molecule has 1 unspecified atom stereocenters. The first-order chi connectivity index (χ1) is 8.71. The molecule has 106 valence electrons. The van der Waals surface area contributed by atoms with Gasteiger partial charge < -0.3 is 14.9 Å². The lowest BCUT2D eigenvalue weighted by Gasteiger charge is -2.07. The molecule has 0 aliphatic rings. The normalized spacial score (nSPS) is 13.0. The Labute approximate surface area is 108 Å². The van der Waals surface area contributed by atoms with Crippen LogP contribution in [0.2, 0.25) is 0 Å². The number of aliphatic hydroxyl groups excluding tert-OH is 1. The molecule has 0 fully saturated rings. The molecular weight excluding hydrogens is 283 g/mol. The van der Waals surface area contributed by atoms with E-state index < -0.39 is 51.7 Å². The van der Waals surface area contributed by atoms with E-state index in [0.29, 0.717) is 0 Å². The quantitative estimate of drug-likeness (QED) is 0.533. The van der Waals surface area contributed by atoms with Crippen LogP contribution in [0.4, 0.5) is 4.39 Å². The number of rotatable bonds is 5. The monoisotopic (exact) mass is 294 g/mol. The van der Waals surface area contributed by atoms with Gasteiger partial charge in [0.25, 0.3) is 10.1 Å². The summed E-state index contributed by atoms with van der Waals surface area (Å²) in [7, 11) is -4.53. The molecule has 9 heteroatoms. The van der Waals surface area contributed by atoms with Crippen LogP contribution in [0.5, 0.6) is 5.75 Å². The van der Waals surface area contributed by atoms with E-state index in [1.165, 1.54) is 0 Å². The van der Waals surface area contributed by atoms with Gasteiger partial charge in [0.2, 0.25) is 0 Å². The highest BCUT2D eigenvalue weighted by atomic mass is 32.2. The fourth-order valence-electron chi connectivity index (χ4n) is 1.17. The minimum absolute atomic E-state index is 0.452. The third kappa shape index (κ3) is 4.47. The van der Waals surface area contributed by atoms with Gasteiger partial charge in [-0.3, -0.25) is 4.55 Å². The number of halogens is 1. The molecule has 0 heterocycles. The zero-order valence-electron chi connectivity index (χ0n) is 9.48. The SMILES string of the molecule is O=C(OCCC(O)F)c1cc(S(=O)(=O)O)ccc1O. The van der Waals surface area contributed by atoms with E-state index in [1.807, 2.05) is 0 Å². The Morgan fingerprint density at radius 2 is 2.05 bits per heavy atom. The number of alkyl halides is 1. The summed E-state index contributed by atoms with van der Waals surface area (Å²) >= 11 is 0. The van der Waals surface area contributed by atoms with E-state index in [2.05, 4.69) is 4.74 Å². The minimum atomic E-state index is -4.53. The molecule has 0 saturated carbocycles. The first kappa shape index (κ1) is 15.3. The van der Waals surface area contributed by atoms with E-state index in [9.17, 15) is 22.7 Å². The lowest BCUT2D eigenvalue weighted by atomic mass is 10.2. The van der Waals surface area contributed by atoms with Crippen molar-refractivity contribution in [3.63, 3.8) is 0 Å². The Morgan fingerprint density at radius 3 is 2.58 bits per heavy atom. The molecule has 3 N–H and O–H groups in total. The van der Waals surface area contributed by atoms with E-state index in [1.54, 1.807) is 0 Å². The molecular formula is C10H11FO7S. The highest BCUT2D eigenvalue weighted by Crippen LogP contribution is 2.22. The van der Waals surface area contributed by atoms with Gasteiger partial charge >= 0.3 is 5.97 Å². The fraction of sp³-hybridized carbons (Fsp3) is 0.300. The Balaban J connectivity index is 2.90. The minimum Gasteiger partial charge on any atom is -0.507 e. The molecule has 0 amide bonds. The van der Waals surface area contributed by atoms with Crippen LogP contribution in [0.25, 0.3) is 0 Å². The van der Waals surface area contributed by atoms with Crippen molar-refractivity contribution in [2.75, 3.05) is 6.61 Å². The van der Waals surface area contributed by atoms with Gasteiger partial charge in [-0.15, -0.1) is 0 Å². The lowest BCUT2D eigenvalue weighted by Crippen LogP contribution is -2.11. The van der Waals surface area contributed by atoms with Crippen molar-refractivity contribution >= 4 is 16.1 Å². The molecule has 0 spiro atoms. The molecule has 0 aliphatic carbocycles. The predicted molar refractivity (Wildman–Crippen MR) is 59.9 cm³/mol. The molecule has 1 rings (SSSR count). The molecule has 1 aromatic carbocycles. The van der Waals surface area contributed by atoms with Crippen LogP contribution in [0.1, 0.15) is 16.8 Å². The molecule has 1 aromatic rings. The van der Waals surface area contributed by atoms with Crippen LogP contribution >= 0.6 is 0 Å². The average Bonchev–Trinajstić information content (AvgIpc) is 2.27. The number of benzene rings is 1. The van der Waals surface area contributed by atoms with Crippen molar-refractivity contribution in [1.82, 2.24) is 0 Å². The number of phenols is 1. The van der Waals surface area contributed by atoms with Gasteiger partial charge in [-0.25, -0.2) is 9.18 Å². The second-order valence-electron chi connectivity index (χ2n) is 3.51. The largest absolute Gasteiger partial charge is 0.507 e. The van der Waals surface area contributed by atoms with Crippen molar-refractivity contribution < 1.29 is 37.1 Å². The molecule has 0 radical (unpaired) electrons. The first-order valence-corrected chi connectivity index (χ1v) is 6.45. The number of aliphatic hydroxyl groups is 1. The van der Waals surface area contributed by atoms with E-state index in [0.717, 1.165) is 18.2 Å². The number of hydrogen-bond acceptors (Lipinski definition) is 6. The Hall–Kier alpha value is -1.71. The zero-order valence-corrected chi connectivity index (χ0v) is 10.3. The van der Waals surface area contributed by atoms with Crippen LogP contribution in [-0.4, -0.2) is 42.1 Å². The van der Waals surface area contributed by atoms with Gasteiger partial charge in [-0.2, -0.15) is 8.42 Å². The molecule has 1 atom stereocenters. The number of aromatic hydroxyl groups is 1. The Kier molecular flexibility index (Phi) is 4.81. The van der Waals surface area contributed by atoms with Gasteiger partial charge in [0.05, 0.1) is 11.5 Å². The first-order valence-electron chi connectivity index (χ1n) is 5.01. The van der Waals surface area contributed by atoms with Crippen LogP contribution in [-0.2, 0) is 14.9 Å². The third-order valence-electron chi connectivity index (χ3n) is 2.08. The summed E-state index contributed by atoms with van der Waals surface area (Å²) in [4.78, 5) is 10.9. The standard InChI is InChI=1S/C10H11FO7S/c11-9(13)3-4-18-10(14)7-5-6(19(15,16)17)1-2-8(7)12/h1-2,5,9,12-13H,3-4H2,(H,15,16,17). The van der Waals surface area contributed by atoms with E-state index in [-0.39, 0.29) is 0 Å². The fourth-order valence-corrected chi connectivity index (χ4v) is 1.67. The number of ether oxygens (including phenoxy) is 1. The summed E-state index contributed by atoms with van der Waals surface area (Å²) < 4.78 is 47.1. The zero-order chi connectivity index (χ0) is 14.6. The number of phenolic OH excluding ortho intramolecular Hbond substituents is 1. The van der Waals surface area contributed by atoms with Crippen LogP contribution in [0.15, 0.2) is 23.1 Å². The maximum Gasteiger partial charge on any atom is 0.341 e. The predicted octanol–water partition coefficient (Wildman–Crippen LogP) is 0.474. The van der Waals surface area contributed by atoms with Crippen LogP contribution in [0.3, 0.4) is 0 Å². The van der Waals surface area contributed by atoms with Crippen molar-refractivity contribution in [2.24, 2.45) is 0 Å². The number of carbonyl (C=O) groups excluding carboxylic acids is 1. The second kappa shape index (κ2) is 5.95. The summed E-state index contributed by atoms with van der Waals surface area (Å²) in [6.45, 7) is -0.452. The van der Waals surface area contributed by atoms with E-state index >= 15 is 0 Å². The highest BCUT2D eigenvalue weighted by molar-refractivity contribution is 7.85. The van der Waals surface area contributed by atoms with Gasteiger partial charge in [0.15, 0.2) is 6.36 Å². The van der Waals surface area contributed by atoms with Crippen molar-refractivity contribution in [2.45, 2.75) is 17.7 Å². The van der Waals surface area contributed by atoms with Crippen molar-refractivity contribution in [3.8, 4) is 5.75 Å². The van der Waals surface area contributed by atoms with Crippen LogP contribution < -0.4 is 0 Å². The molecule has 0 aromatic heterocycles. The molecule has 19 heavy (non-hydrogen) atoms.